The summed E-state index contributed by atoms with van der Waals surface area (Å²) in [5.41, 5.74) is 1.01. The molecule has 0 saturated carbocycles. The highest BCUT2D eigenvalue weighted by Gasteiger charge is 2.24. The van der Waals surface area contributed by atoms with E-state index in [-0.39, 0.29) is 31.0 Å². The molecule has 0 atom stereocenters. The number of hydrogen-bond donors (Lipinski definition) is 0. The Labute approximate surface area is 183 Å². The summed E-state index contributed by atoms with van der Waals surface area (Å²) in [4.78, 5) is 28.7. The van der Waals surface area contributed by atoms with Gasteiger partial charge in [0.25, 0.3) is 0 Å². The Morgan fingerprint density at radius 2 is 1.77 bits per heavy atom. The maximum Gasteiger partial charge on any atom is 0.249 e. The minimum Gasteiger partial charge on any atom is -0.493 e. The van der Waals surface area contributed by atoms with Gasteiger partial charge in [-0.2, -0.15) is 0 Å². The van der Waals surface area contributed by atoms with Crippen LogP contribution in [0.25, 0.3) is 0 Å². The van der Waals surface area contributed by atoms with Crippen LogP contribution in [0.5, 0.6) is 11.5 Å². The predicted octanol–water partition coefficient (Wildman–Crippen LogP) is 2.75. The SMILES string of the molecule is COCC(=O)N(CC(=O)N(CCc1ccc(OC)c(OC)c1)Cc1ccco1)C(C)C. The fourth-order valence-electron chi connectivity index (χ4n) is 3.19. The van der Waals surface area contributed by atoms with E-state index in [0.29, 0.717) is 36.8 Å². The summed E-state index contributed by atoms with van der Waals surface area (Å²) in [6, 6.07) is 9.18. The van der Waals surface area contributed by atoms with Gasteiger partial charge in [0, 0.05) is 19.7 Å². The molecule has 0 fully saturated rings. The van der Waals surface area contributed by atoms with Gasteiger partial charge in [-0.1, -0.05) is 6.07 Å². The summed E-state index contributed by atoms with van der Waals surface area (Å²) in [6.07, 6.45) is 2.19. The number of carbonyl (C=O) groups is 2. The van der Waals surface area contributed by atoms with E-state index in [1.165, 1.54) is 12.0 Å². The molecule has 0 spiro atoms. The zero-order valence-corrected chi connectivity index (χ0v) is 18.9. The molecule has 0 aliphatic heterocycles. The topological polar surface area (TPSA) is 81.5 Å². The second-order valence-electron chi connectivity index (χ2n) is 7.38. The lowest BCUT2D eigenvalue weighted by Crippen LogP contribution is -2.47. The average Bonchev–Trinajstić information content (AvgIpc) is 3.27. The second kappa shape index (κ2) is 12.0. The summed E-state index contributed by atoms with van der Waals surface area (Å²) >= 11 is 0. The first-order valence-corrected chi connectivity index (χ1v) is 10.2. The van der Waals surface area contributed by atoms with E-state index in [0.717, 1.165) is 5.56 Å². The van der Waals surface area contributed by atoms with Gasteiger partial charge < -0.3 is 28.4 Å². The average molecular weight is 433 g/mol. The molecule has 2 rings (SSSR count). The molecule has 0 N–H and O–H groups in total. The van der Waals surface area contributed by atoms with Crippen molar-refractivity contribution in [3.05, 3.63) is 47.9 Å². The van der Waals surface area contributed by atoms with Gasteiger partial charge in [-0.05, 0) is 50.1 Å². The van der Waals surface area contributed by atoms with Crippen LogP contribution in [-0.2, 0) is 27.3 Å². The Morgan fingerprint density at radius 3 is 2.35 bits per heavy atom. The summed E-state index contributed by atoms with van der Waals surface area (Å²) in [5, 5.41) is 0. The number of ether oxygens (including phenoxy) is 3. The van der Waals surface area contributed by atoms with Crippen molar-refractivity contribution in [2.24, 2.45) is 0 Å². The maximum atomic E-state index is 13.1. The Hall–Kier alpha value is -3.00. The summed E-state index contributed by atoms with van der Waals surface area (Å²) in [5.74, 6) is 1.60. The quantitative estimate of drug-likeness (QED) is 0.513. The normalized spacial score (nSPS) is 10.8. The highest BCUT2D eigenvalue weighted by atomic mass is 16.5. The minimum atomic E-state index is -0.219. The van der Waals surface area contributed by atoms with Crippen LogP contribution in [0.4, 0.5) is 0 Å². The molecule has 0 bridgehead atoms. The molecule has 1 heterocycles. The summed E-state index contributed by atoms with van der Waals surface area (Å²) < 4.78 is 21.0. The number of amides is 2. The van der Waals surface area contributed by atoms with E-state index in [1.54, 1.807) is 31.4 Å². The van der Waals surface area contributed by atoms with Gasteiger partial charge in [0.2, 0.25) is 11.8 Å². The van der Waals surface area contributed by atoms with E-state index in [9.17, 15) is 9.59 Å². The summed E-state index contributed by atoms with van der Waals surface area (Å²) in [7, 11) is 4.64. The van der Waals surface area contributed by atoms with Crippen LogP contribution in [0.15, 0.2) is 41.0 Å². The van der Waals surface area contributed by atoms with Crippen molar-refractivity contribution in [3.63, 3.8) is 0 Å². The molecule has 0 unspecified atom stereocenters. The number of benzene rings is 1. The van der Waals surface area contributed by atoms with E-state index >= 15 is 0 Å². The molecule has 2 amide bonds. The predicted molar refractivity (Wildman–Crippen MR) is 116 cm³/mol. The van der Waals surface area contributed by atoms with Crippen LogP contribution in [0.3, 0.4) is 0 Å². The van der Waals surface area contributed by atoms with Gasteiger partial charge in [0.1, 0.15) is 18.9 Å². The Morgan fingerprint density at radius 1 is 1.03 bits per heavy atom. The highest BCUT2D eigenvalue weighted by molar-refractivity contribution is 5.85. The lowest BCUT2D eigenvalue weighted by molar-refractivity contribution is -0.144. The van der Waals surface area contributed by atoms with Gasteiger partial charge in [-0.3, -0.25) is 9.59 Å². The third kappa shape index (κ3) is 7.03. The fourth-order valence-corrected chi connectivity index (χ4v) is 3.19. The van der Waals surface area contributed by atoms with Crippen molar-refractivity contribution in [1.29, 1.82) is 0 Å². The van der Waals surface area contributed by atoms with Crippen molar-refractivity contribution >= 4 is 11.8 Å². The van der Waals surface area contributed by atoms with E-state index in [1.807, 2.05) is 38.1 Å². The van der Waals surface area contributed by atoms with E-state index in [4.69, 9.17) is 18.6 Å². The third-order valence-corrected chi connectivity index (χ3v) is 4.91. The van der Waals surface area contributed by atoms with Crippen molar-refractivity contribution in [2.45, 2.75) is 32.9 Å². The Balaban J connectivity index is 2.14. The van der Waals surface area contributed by atoms with Crippen molar-refractivity contribution in [3.8, 4) is 11.5 Å². The molecule has 1 aromatic heterocycles. The molecule has 0 radical (unpaired) electrons. The van der Waals surface area contributed by atoms with Crippen LogP contribution in [0, 0.1) is 0 Å². The molecular weight excluding hydrogens is 400 g/mol. The molecule has 0 aliphatic carbocycles. The number of furan rings is 1. The third-order valence-electron chi connectivity index (χ3n) is 4.91. The monoisotopic (exact) mass is 432 g/mol. The fraction of sp³-hybridized carbons (Fsp3) is 0.478. The lowest BCUT2D eigenvalue weighted by Gasteiger charge is -2.29. The standard InChI is InChI=1S/C23H32N2O6/c1-17(2)25(23(27)16-28-3)15-22(26)24(14-19-7-6-12-31-19)11-10-18-8-9-20(29-4)21(13-18)30-5/h6-9,12-13,17H,10-11,14-16H2,1-5H3. The minimum absolute atomic E-state index is 0.0213. The van der Waals surface area contributed by atoms with Crippen molar-refractivity contribution in [2.75, 3.05) is 41.0 Å². The number of hydrogen-bond acceptors (Lipinski definition) is 6. The van der Waals surface area contributed by atoms with Crippen LogP contribution in [-0.4, -0.2) is 68.7 Å². The van der Waals surface area contributed by atoms with E-state index in [2.05, 4.69) is 0 Å². The van der Waals surface area contributed by atoms with Gasteiger partial charge in [0.15, 0.2) is 11.5 Å². The van der Waals surface area contributed by atoms with Gasteiger partial charge in [0.05, 0.1) is 27.0 Å². The van der Waals surface area contributed by atoms with Crippen LogP contribution < -0.4 is 9.47 Å². The number of nitrogens with zero attached hydrogens (tertiary/aromatic N) is 2. The van der Waals surface area contributed by atoms with Gasteiger partial charge >= 0.3 is 0 Å². The first-order valence-electron chi connectivity index (χ1n) is 10.2. The molecule has 31 heavy (non-hydrogen) atoms. The van der Waals surface area contributed by atoms with E-state index < -0.39 is 0 Å². The number of rotatable bonds is 12. The lowest BCUT2D eigenvalue weighted by atomic mass is 10.1. The second-order valence-corrected chi connectivity index (χ2v) is 7.38. The first kappa shape index (κ1) is 24.3. The number of methoxy groups -OCH3 is 3. The summed E-state index contributed by atoms with van der Waals surface area (Å²) in [6.45, 7) is 4.45. The molecule has 1 aromatic carbocycles. The molecular formula is C23H32N2O6. The first-order chi connectivity index (χ1) is 14.9. The largest absolute Gasteiger partial charge is 0.493 e. The van der Waals surface area contributed by atoms with Crippen LogP contribution in [0.2, 0.25) is 0 Å². The number of carbonyl (C=O) groups excluding carboxylic acids is 2. The van der Waals surface area contributed by atoms with Crippen molar-refractivity contribution < 1.29 is 28.2 Å². The van der Waals surface area contributed by atoms with Crippen molar-refractivity contribution in [1.82, 2.24) is 9.80 Å². The highest BCUT2D eigenvalue weighted by Crippen LogP contribution is 2.27. The molecule has 0 aliphatic rings. The Bertz CT molecular complexity index is 835. The maximum absolute atomic E-state index is 13.1. The smallest absolute Gasteiger partial charge is 0.249 e. The molecule has 8 nitrogen and oxygen atoms in total. The van der Waals surface area contributed by atoms with Crippen LogP contribution in [0.1, 0.15) is 25.2 Å². The Kier molecular flexibility index (Phi) is 9.40. The molecule has 8 heteroatoms. The van der Waals surface area contributed by atoms with Crippen LogP contribution >= 0.6 is 0 Å². The van der Waals surface area contributed by atoms with Gasteiger partial charge in [-0.15, -0.1) is 0 Å². The van der Waals surface area contributed by atoms with Gasteiger partial charge in [-0.25, -0.2) is 0 Å². The molecule has 170 valence electrons. The molecule has 0 saturated heterocycles. The zero-order chi connectivity index (χ0) is 22.8. The molecule has 2 aromatic rings. The zero-order valence-electron chi connectivity index (χ0n) is 18.9.